The minimum absolute atomic E-state index is 0.0564. The van der Waals surface area contributed by atoms with Crippen molar-refractivity contribution in [2.75, 3.05) is 31.2 Å². The zero-order valence-electron chi connectivity index (χ0n) is 11.8. The molecule has 1 N–H and O–H groups in total. The summed E-state index contributed by atoms with van der Waals surface area (Å²) in [5.74, 6) is 0.873. The highest BCUT2D eigenvalue weighted by molar-refractivity contribution is 5.77. The summed E-state index contributed by atoms with van der Waals surface area (Å²) in [4.78, 5) is 17.5. The second-order valence-corrected chi connectivity index (χ2v) is 5.12. The average Bonchev–Trinajstić information content (AvgIpc) is 2.49. The van der Waals surface area contributed by atoms with Gasteiger partial charge in [0.1, 0.15) is 5.82 Å². The third-order valence-electron chi connectivity index (χ3n) is 3.67. The smallest absolute Gasteiger partial charge is 0.280 e. The first-order valence-electron chi connectivity index (χ1n) is 7.28. The van der Waals surface area contributed by atoms with Crippen molar-refractivity contribution in [1.29, 1.82) is 0 Å². The number of hydrogen-bond acceptors (Lipinski definition) is 4. The van der Waals surface area contributed by atoms with Gasteiger partial charge in [0.15, 0.2) is 0 Å². The van der Waals surface area contributed by atoms with Gasteiger partial charge in [-0.25, -0.2) is 9.66 Å². The molecule has 0 aliphatic carbocycles. The lowest BCUT2D eigenvalue weighted by Crippen LogP contribution is -2.53. The van der Waals surface area contributed by atoms with Crippen LogP contribution >= 0.6 is 0 Å². The maximum atomic E-state index is 12.8. The maximum absolute atomic E-state index is 12.8. The number of fused-ring (bicyclic) bond motifs is 1. The maximum Gasteiger partial charge on any atom is 0.280 e. The molecule has 1 aliphatic rings. The molecule has 2 heterocycles. The lowest BCUT2D eigenvalue weighted by atomic mass is 10.2. The van der Waals surface area contributed by atoms with Gasteiger partial charge in [-0.2, -0.15) is 0 Å². The van der Waals surface area contributed by atoms with E-state index in [2.05, 4.69) is 17.2 Å². The molecule has 0 spiro atoms. The zero-order chi connectivity index (χ0) is 13.9. The summed E-state index contributed by atoms with van der Waals surface area (Å²) in [6.07, 6.45) is 1.81. The van der Waals surface area contributed by atoms with E-state index in [0.29, 0.717) is 5.39 Å². The Hall–Kier alpha value is -1.88. The van der Waals surface area contributed by atoms with Crippen molar-refractivity contribution in [2.24, 2.45) is 0 Å². The summed E-state index contributed by atoms with van der Waals surface area (Å²) in [6.45, 7) is 5.62. The third kappa shape index (κ3) is 2.29. The van der Waals surface area contributed by atoms with E-state index in [0.717, 1.165) is 50.4 Å². The fourth-order valence-corrected chi connectivity index (χ4v) is 2.70. The summed E-state index contributed by atoms with van der Waals surface area (Å²) in [7, 11) is 0. The largest absolute Gasteiger partial charge is 0.313 e. The molecule has 0 bridgehead atoms. The van der Waals surface area contributed by atoms with Gasteiger partial charge in [-0.05, 0) is 18.6 Å². The Kier molecular flexibility index (Phi) is 3.69. The van der Waals surface area contributed by atoms with Crippen LogP contribution in [0.4, 0.5) is 0 Å². The minimum atomic E-state index is 0.0564. The Bertz CT molecular complexity index is 658. The van der Waals surface area contributed by atoms with Crippen molar-refractivity contribution < 1.29 is 0 Å². The number of hydrogen-bond donors (Lipinski definition) is 1. The Morgan fingerprint density at radius 3 is 2.75 bits per heavy atom. The summed E-state index contributed by atoms with van der Waals surface area (Å²) < 4.78 is 1.80. The number of nitrogens with one attached hydrogen (secondary N) is 1. The van der Waals surface area contributed by atoms with Crippen LogP contribution in [0.1, 0.15) is 19.2 Å². The predicted octanol–water partition coefficient (Wildman–Crippen LogP) is 0.890. The molecule has 5 nitrogen and oxygen atoms in total. The van der Waals surface area contributed by atoms with Crippen molar-refractivity contribution in [3.63, 3.8) is 0 Å². The summed E-state index contributed by atoms with van der Waals surface area (Å²) in [5, 5.41) is 6.13. The molecule has 5 heteroatoms. The van der Waals surface area contributed by atoms with Gasteiger partial charge in [0.25, 0.3) is 5.56 Å². The molecule has 1 aliphatic heterocycles. The van der Waals surface area contributed by atoms with Crippen LogP contribution in [-0.4, -0.2) is 35.8 Å². The number of para-hydroxylation sites is 1. The van der Waals surface area contributed by atoms with Crippen LogP contribution in [-0.2, 0) is 6.42 Å². The molecule has 0 unspecified atom stereocenters. The number of rotatable bonds is 3. The molecule has 0 atom stereocenters. The summed E-state index contributed by atoms with van der Waals surface area (Å²) >= 11 is 0. The number of nitrogens with zero attached hydrogens (tertiary/aromatic N) is 3. The number of benzene rings is 1. The van der Waals surface area contributed by atoms with Crippen molar-refractivity contribution in [2.45, 2.75) is 19.8 Å². The first-order valence-corrected chi connectivity index (χ1v) is 7.28. The van der Waals surface area contributed by atoms with Crippen molar-refractivity contribution in [3.05, 3.63) is 40.4 Å². The topological polar surface area (TPSA) is 50.2 Å². The van der Waals surface area contributed by atoms with E-state index < -0.39 is 0 Å². The molecule has 0 amide bonds. The van der Waals surface area contributed by atoms with Crippen LogP contribution in [0.25, 0.3) is 10.9 Å². The first kappa shape index (κ1) is 13.1. The van der Waals surface area contributed by atoms with Crippen molar-refractivity contribution in [1.82, 2.24) is 15.0 Å². The average molecular weight is 272 g/mol. The van der Waals surface area contributed by atoms with Gasteiger partial charge < -0.3 is 10.3 Å². The number of piperazine rings is 1. The SMILES string of the molecule is CCCc1nc2ccccc2c(=O)n1N1CCNCC1. The zero-order valence-corrected chi connectivity index (χ0v) is 11.8. The highest BCUT2D eigenvalue weighted by Crippen LogP contribution is 2.10. The molecule has 2 aromatic rings. The van der Waals surface area contributed by atoms with Crippen LogP contribution in [0.15, 0.2) is 29.1 Å². The summed E-state index contributed by atoms with van der Waals surface area (Å²) in [5.41, 5.74) is 0.855. The number of aryl methyl sites for hydroxylation is 1. The minimum Gasteiger partial charge on any atom is -0.313 e. The normalized spacial score (nSPS) is 15.8. The molecule has 20 heavy (non-hydrogen) atoms. The highest BCUT2D eigenvalue weighted by Gasteiger charge is 2.17. The van der Waals surface area contributed by atoms with Crippen LogP contribution in [0, 0.1) is 0 Å². The van der Waals surface area contributed by atoms with Gasteiger partial charge >= 0.3 is 0 Å². The van der Waals surface area contributed by atoms with E-state index in [4.69, 9.17) is 4.98 Å². The fourth-order valence-electron chi connectivity index (χ4n) is 2.70. The molecular formula is C15H20N4O. The summed E-state index contributed by atoms with van der Waals surface area (Å²) in [6, 6.07) is 7.60. The van der Waals surface area contributed by atoms with Gasteiger partial charge in [-0.1, -0.05) is 19.1 Å². The quantitative estimate of drug-likeness (QED) is 0.901. The lowest BCUT2D eigenvalue weighted by Gasteiger charge is -2.32. The Morgan fingerprint density at radius 1 is 1.25 bits per heavy atom. The van der Waals surface area contributed by atoms with E-state index in [1.54, 1.807) is 4.68 Å². The molecule has 1 fully saturated rings. The van der Waals surface area contributed by atoms with E-state index in [9.17, 15) is 4.79 Å². The first-order chi connectivity index (χ1) is 9.81. The second kappa shape index (κ2) is 5.63. The molecule has 0 saturated carbocycles. The van der Waals surface area contributed by atoms with Crippen molar-refractivity contribution in [3.8, 4) is 0 Å². The monoisotopic (exact) mass is 272 g/mol. The van der Waals surface area contributed by atoms with Gasteiger partial charge in [0.05, 0.1) is 10.9 Å². The third-order valence-corrected chi connectivity index (χ3v) is 3.67. The predicted molar refractivity (Wildman–Crippen MR) is 80.8 cm³/mol. The fraction of sp³-hybridized carbons (Fsp3) is 0.467. The van der Waals surface area contributed by atoms with Gasteiger partial charge in [0.2, 0.25) is 0 Å². The molecule has 0 radical (unpaired) electrons. The van der Waals surface area contributed by atoms with Crippen LogP contribution in [0.5, 0.6) is 0 Å². The Balaban J connectivity index is 2.18. The van der Waals surface area contributed by atoms with Gasteiger partial charge in [-0.15, -0.1) is 0 Å². The van der Waals surface area contributed by atoms with Crippen molar-refractivity contribution >= 4 is 10.9 Å². The molecule has 3 rings (SSSR count). The second-order valence-electron chi connectivity index (χ2n) is 5.12. The standard InChI is InChI=1S/C15H20N4O/c1-2-5-14-17-13-7-4-3-6-12(13)15(20)19(14)18-10-8-16-9-11-18/h3-4,6-7,16H,2,5,8-11H2,1H3. The van der Waals surface area contributed by atoms with Crippen LogP contribution < -0.4 is 15.9 Å². The van der Waals surface area contributed by atoms with E-state index in [-0.39, 0.29) is 5.56 Å². The Labute approximate surface area is 118 Å². The molecule has 1 saturated heterocycles. The van der Waals surface area contributed by atoms with Crippen LogP contribution in [0.3, 0.4) is 0 Å². The van der Waals surface area contributed by atoms with E-state index in [1.807, 2.05) is 24.3 Å². The Morgan fingerprint density at radius 2 is 2.00 bits per heavy atom. The lowest BCUT2D eigenvalue weighted by molar-refractivity contribution is 0.465. The van der Waals surface area contributed by atoms with E-state index in [1.165, 1.54) is 0 Å². The van der Waals surface area contributed by atoms with Crippen LogP contribution in [0.2, 0.25) is 0 Å². The highest BCUT2D eigenvalue weighted by atomic mass is 16.1. The number of aromatic nitrogens is 2. The molecular weight excluding hydrogens is 252 g/mol. The molecule has 106 valence electrons. The van der Waals surface area contributed by atoms with Gasteiger partial charge in [-0.3, -0.25) is 4.79 Å². The molecule has 1 aromatic carbocycles. The molecule has 1 aromatic heterocycles. The van der Waals surface area contributed by atoms with Gasteiger partial charge in [0, 0.05) is 32.6 Å². The van der Waals surface area contributed by atoms with E-state index >= 15 is 0 Å².